The Morgan fingerprint density at radius 1 is 0.794 bits per heavy atom. The molecule has 4 fully saturated rings. The first kappa shape index (κ1) is 47.7. The van der Waals surface area contributed by atoms with Gasteiger partial charge in [0, 0.05) is 64.2 Å². The molecule has 0 aliphatic carbocycles. The maximum atomic E-state index is 14.0. The van der Waals surface area contributed by atoms with Gasteiger partial charge < -0.3 is 36.8 Å². The predicted octanol–water partition coefficient (Wildman–Crippen LogP) is 2.28. The van der Waals surface area contributed by atoms with E-state index in [1.165, 1.54) is 4.57 Å². The van der Waals surface area contributed by atoms with E-state index in [9.17, 15) is 38.4 Å². The maximum Gasteiger partial charge on any atom is 0.329 e. The molecule has 4 aromatic rings. The highest BCUT2D eigenvalue weighted by molar-refractivity contribution is 6.00. The lowest BCUT2D eigenvalue weighted by Crippen LogP contribution is -2.60. The number of nitrogens with two attached hydrogens (primary N) is 2. The van der Waals surface area contributed by atoms with E-state index in [4.69, 9.17) is 11.5 Å². The van der Waals surface area contributed by atoms with Crippen molar-refractivity contribution in [2.24, 2.45) is 24.4 Å². The smallest absolute Gasteiger partial charge is 0.329 e. The Morgan fingerprint density at radius 3 is 2.15 bits per heavy atom. The molecular formula is C50H62N10O8. The zero-order valence-corrected chi connectivity index (χ0v) is 38.5. The zero-order chi connectivity index (χ0) is 48.1. The molecule has 0 bridgehead atoms. The molecule has 18 heteroatoms. The van der Waals surface area contributed by atoms with Crippen molar-refractivity contribution >= 4 is 58.1 Å². The summed E-state index contributed by atoms with van der Waals surface area (Å²) in [5.74, 6) is -2.45. The number of imidazole rings is 1. The summed E-state index contributed by atoms with van der Waals surface area (Å²) in [6, 6.07) is 20.1. The van der Waals surface area contributed by atoms with Gasteiger partial charge in [0.2, 0.25) is 41.4 Å². The number of aromatic nitrogens is 2. The molecule has 7 N–H and O–H groups in total. The minimum absolute atomic E-state index is 0.0314. The predicted molar refractivity (Wildman–Crippen MR) is 253 cm³/mol. The van der Waals surface area contributed by atoms with Crippen molar-refractivity contribution in [2.45, 2.75) is 113 Å². The summed E-state index contributed by atoms with van der Waals surface area (Å²) in [4.78, 5) is 111. The third-order valence-electron chi connectivity index (χ3n) is 14.3. The first-order chi connectivity index (χ1) is 32.8. The summed E-state index contributed by atoms with van der Waals surface area (Å²) >= 11 is 0. The summed E-state index contributed by atoms with van der Waals surface area (Å²) in [6.07, 6.45) is 5.45. The first-order valence-corrected chi connectivity index (χ1v) is 23.9. The van der Waals surface area contributed by atoms with Crippen LogP contribution in [0.2, 0.25) is 0 Å². The van der Waals surface area contributed by atoms with E-state index >= 15 is 0 Å². The third kappa shape index (κ3) is 10.5. The van der Waals surface area contributed by atoms with Crippen LogP contribution in [0.25, 0.3) is 11.0 Å². The van der Waals surface area contributed by atoms with E-state index in [1.807, 2.05) is 78.9 Å². The van der Waals surface area contributed by atoms with Crippen LogP contribution in [0.4, 0.5) is 5.69 Å². The molecule has 0 radical (unpaired) electrons. The molecule has 5 atom stereocenters. The second-order valence-corrected chi connectivity index (χ2v) is 18.7. The van der Waals surface area contributed by atoms with Gasteiger partial charge in [0.15, 0.2) is 0 Å². The summed E-state index contributed by atoms with van der Waals surface area (Å²) in [5.41, 5.74) is 15.7. The van der Waals surface area contributed by atoms with E-state index in [-0.39, 0.29) is 55.8 Å². The van der Waals surface area contributed by atoms with Gasteiger partial charge in [0.05, 0.1) is 17.1 Å². The molecule has 1 aromatic heterocycles. The molecule has 1 unspecified atom stereocenters. The Balaban J connectivity index is 0.824. The summed E-state index contributed by atoms with van der Waals surface area (Å²) in [7, 11) is 1.69. The van der Waals surface area contributed by atoms with Crippen LogP contribution in [0, 0.1) is 5.92 Å². The van der Waals surface area contributed by atoms with Gasteiger partial charge in [-0.1, -0.05) is 60.7 Å². The Morgan fingerprint density at radius 2 is 1.49 bits per heavy atom. The number of benzene rings is 3. The minimum atomic E-state index is -1.11. The molecule has 0 saturated carbocycles. The van der Waals surface area contributed by atoms with E-state index < -0.39 is 59.7 Å². The van der Waals surface area contributed by atoms with Crippen LogP contribution >= 0.6 is 0 Å². The average molecular weight is 931 g/mol. The molecule has 8 rings (SSSR count). The van der Waals surface area contributed by atoms with Crippen LogP contribution in [-0.2, 0) is 40.6 Å². The lowest BCUT2D eigenvalue weighted by molar-refractivity contribution is -0.145. The zero-order valence-electron chi connectivity index (χ0n) is 38.5. The minimum Gasteiger partial charge on any atom is -0.371 e. The van der Waals surface area contributed by atoms with E-state index in [2.05, 4.69) is 20.9 Å². The van der Waals surface area contributed by atoms with Crippen molar-refractivity contribution in [2.75, 3.05) is 31.1 Å². The monoisotopic (exact) mass is 930 g/mol. The standard InChI is InChI=1S/C50H62N10O8/c1-56-41-29-35(16-18-38(41)60(50(56)68)40-20-22-43(62)54-48(40)66)57-26-23-31(24-27-57)9-8-14-44(63)58-28-25-34-15-19-39(59(34)49(67)36(51)30-58)47(65)53-37(17-21-42(52)61)46(64)55-45(32-10-4-2-5-11-32)33-12-6-3-7-13-33/h2-7,10-13,16,18,29,31,34,36-37,39-40,45H,8-9,14-15,17,19-28,30,51H2,1H3,(H2,52,61)(H,53,65)(H,55,64)(H,54,62,66)/t34-,36+,37+,39+,40?/m1/s1. The average Bonchev–Trinajstić information content (AvgIpc) is 3.87. The SMILES string of the molecule is Cn1c(=O)n(C2CCC(=O)NC2=O)c2ccc(N3CCC(CCCC(=O)N4CC[C@H]5CC[C@@H](C(=O)N[C@@H](CCC(N)=O)C(=O)NC(c6ccccc6)c6ccccc6)N5C(=O)[C@@H](N)C4)CC3)cc21. The number of imide groups is 1. The first-order valence-electron chi connectivity index (χ1n) is 23.9. The molecule has 3 aromatic carbocycles. The van der Waals surface area contributed by atoms with E-state index in [1.54, 1.807) is 21.4 Å². The lowest BCUT2D eigenvalue weighted by atomic mass is 9.91. The van der Waals surface area contributed by atoms with Gasteiger partial charge in [-0.05, 0) is 93.0 Å². The fraction of sp³-hybridized carbons (Fsp3) is 0.480. The molecule has 4 saturated heterocycles. The number of carbonyl (C=O) groups is 7. The highest BCUT2D eigenvalue weighted by atomic mass is 16.2. The van der Waals surface area contributed by atoms with Gasteiger partial charge in [0.1, 0.15) is 24.2 Å². The number of amides is 7. The lowest BCUT2D eigenvalue weighted by Gasteiger charge is -2.38. The van der Waals surface area contributed by atoms with Crippen molar-refractivity contribution in [1.29, 1.82) is 0 Å². The third-order valence-corrected chi connectivity index (χ3v) is 14.3. The quantitative estimate of drug-likeness (QED) is 0.109. The molecular weight excluding hydrogens is 869 g/mol. The Kier molecular flexibility index (Phi) is 14.7. The van der Waals surface area contributed by atoms with Gasteiger partial charge in [0.25, 0.3) is 0 Å². The van der Waals surface area contributed by atoms with Gasteiger partial charge in [-0.2, -0.15) is 0 Å². The van der Waals surface area contributed by atoms with Crippen LogP contribution in [0.5, 0.6) is 0 Å². The van der Waals surface area contributed by atoms with Crippen LogP contribution in [0.15, 0.2) is 83.7 Å². The Labute approximate surface area is 394 Å². The summed E-state index contributed by atoms with van der Waals surface area (Å²) < 4.78 is 3.03. The molecule has 18 nitrogen and oxygen atoms in total. The number of primary amides is 1. The number of nitrogens with zero attached hydrogens (tertiary/aromatic N) is 5. The number of anilines is 1. The van der Waals surface area contributed by atoms with E-state index in [0.717, 1.165) is 54.7 Å². The van der Waals surface area contributed by atoms with Gasteiger partial charge in [-0.25, -0.2) is 4.79 Å². The van der Waals surface area contributed by atoms with Gasteiger partial charge in [-0.3, -0.25) is 48.0 Å². The van der Waals surface area contributed by atoms with Crippen LogP contribution in [-0.4, -0.2) is 111 Å². The molecule has 4 aliphatic rings. The number of piperidine rings is 2. The molecule has 0 spiro atoms. The molecule has 360 valence electrons. The largest absolute Gasteiger partial charge is 0.371 e. The number of hydrogen-bond donors (Lipinski definition) is 5. The van der Waals surface area contributed by atoms with Crippen LogP contribution < -0.4 is 38.0 Å². The van der Waals surface area contributed by atoms with Crippen molar-refractivity contribution in [3.05, 3.63) is 100 Å². The fourth-order valence-corrected chi connectivity index (χ4v) is 10.6. The molecule has 7 amide bonds. The number of rotatable bonds is 15. The van der Waals surface area contributed by atoms with Crippen LogP contribution in [0.1, 0.15) is 100 Å². The fourth-order valence-electron chi connectivity index (χ4n) is 10.6. The second kappa shape index (κ2) is 21.0. The van der Waals surface area contributed by atoms with Gasteiger partial charge in [-0.15, -0.1) is 0 Å². The second-order valence-electron chi connectivity index (χ2n) is 18.7. The molecule has 4 aliphatic heterocycles. The maximum absolute atomic E-state index is 14.0. The van der Waals surface area contributed by atoms with Crippen molar-refractivity contribution in [3.63, 3.8) is 0 Å². The number of fused-ring (bicyclic) bond motifs is 2. The number of hydrogen-bond acceptors (Lipinski definition) is 10. The normalized spacial score (nSPS) is 21.8. The Bertz CT molecular complexity index is 2550. The summed E-state index contributed by atoms with van der Waals surface area (Å²) in [5, 5.41) is 8.26. The highest BCUT2D eigenvalue weighted by Gasteiger charge is 2.45. The van der Waals surface area contributed by atoms with E-state index in [0.29, 0.717) is 50.1 Å². The van der Waals surface area contributed by atoms with Gasteiger partial charge >= 0.3 is 5.69 Å². The molecule has 5 heterocycles. The number of carbonyl (C=O) groups excluding carboxylic acids is 7. The number of nitrogens with one attached hydrogen (secondary N) is 3. The topological polar surface area (TPSA) is 244 Å². The molecule has 68 heavy (non-hydrogen) atoms. The highest BCUT2D eigenvalue weighted by Crippen LogP contribution is 2.32. The van der Waals surface area contributed by atoms with Crippen molar-refractivity contribution in [3.8, 4) is 0 Å². The number of aryl methyl sites for hydroxylation is 1. The van der Waals surface area contributed by atoms with Crippen LogP contribution in [0.3, 0.4) is 0 Å². The van der Waals surface area contributed by atoms with Crippen molar-refractivity contribution < 1.29 is 33.6 Å². The summed E-state index contributed by atoms with van der Waals surface area (Å²) in [6.45, 7) is 2.06. The Hall–Kier alpha value is -6.82. The van der Waals surface area contributed by atoms with Crippen molar-refractivity contribution in [1.82, 2.24) is 34.9 Å².